The molecular formula is C12H25NO. The molecule has 14 heavy (non-hydrogen) atoms. The van der Waals surface area contributed by atoms with Gasteiger partial charge in [-0.25, -0.2) is 0 Å². The Morgan fingerprint density at radius 2 is 2.07 bits per heavy atom. The van der Waals surface area contributed by atoms with E-state index in [0.29, 0.717) is 12.2 Å². The van der Waals surface area contributed by atoms with Crippen LogP contribution in [0.25, 0.3) is 0 Å². The van der Waals surface area contributed by atoms with Crippen molar-refractivity contribution in [1.29, 1.82) is 0 Å². The van der Waals surface area contributed by atoms with E-state index in [1.807, 2.05) is 0 Å². The summed E-state index contributed by atoms with van der Waals surface area (Å²) in [5, 5.41) is 3.60. The van der Waals surface area contributed by atoms with E-state index in [2.05, 4.69) is 33.0 Å². The second-order valence-electron chi connectivity index (χ2n) is 5.16. The third-order valence-electron chi connectivity index (χ3n) is 3.00. The van der Waals surface area contributed by atoms with Crippen molar-refractivity contribution in [2.45, 2.75) is 71.1 Å². The van der Waals surface area contributed by atoms with E-state index >= 15 is 0 Å². The molecule has 0 spiro atoms. The van der Waals surface area contributed by atoms with Gasteiger partial charge in [0.25, 0.3) is 0 Å². The highest BCUT2D eigenvalue weighted by atomic mass is 16.5. The van der Waals surface area contributed by atoms with Gasteiger partial charge in [-0.05, 0) is 40.0 Å². The van der Waals surface area contributed by atoms with Gasteiger partial charge in [0.1, 0.15) is 0 Å². The Hall–Kier alpha value is -0.0800. The van der Waals surface area contributed by atoms with Crippen LogP contribution in [0.3, 0.4) is 0 Å². The first-order chi connectivity index (χ1) is 6.53. The minimum atomic E-state index is 0.268. The predicted molar refractivity (Wildman–Crippen MR) is 60.6 cm³/mol. The normalized spacial score (nSPS) is 28.3. The summed E-state index contributed by atoms with van der Waals surface area (Å²) in [6, 6.07) is 0. The molecule has 0 aromatic heterocycles. The Kier molecular flexibility index (Phi) is 4.39. The summed E-state index contributed by atoms with van der Waals surface area (Å²) in [5.74, 6) is 0. The van der Waals surface area contributed by atoms with Crippen LogP contribution < -0.4 is 5.32 Å². The van der Waals surface area contributed by atoms with Crippen molar-refractivity contribution in [1.82, 2.24) is 5.32 Å². The van der Waals surface area contributed by atoms with Crippen LogP contribution in [0.15, 0.2) is 0 Å². The Bertz CT molecular complexity index is 168. The summed E-state index contributed by atoms with van der Waals surface area (Å²) in [7, 11) is 0. The highest BCUT2D eigenvalue weighted by Gasteiger charge is 2.24. The lowest BCUT2D eigenvalue weighted by atomic mass is 9.98. The molecule has 0 aliphatic carbocycles. The van der Waals surface area contributed by atoms with Crippen LogP contribution >= 0.6 is 0 Å². The van der Waals surface area contributed by atoms with Gasteiger partial charge in [-0.1, -0.05) is 13.3 Å². The van der Waals surface area contributed by atoms with E-state index in [0.717, 1.165) is 6.54 Å². The first-order valence-electron chi connectivity index (χ1n) is 5.94. The van der Waals surface area contributed by atoms with Crippen LogP contribution in [0.1, 0.15) is 53.4 Å². The molecular weight excluding hydrogens is 174 g/mol. The van der Waals surface area contributed by atoms with Crippen molar-refractivity contribution in [3.63, 3.8) is 0 Å². The van der Waals surface area contributed by atoms with Crippen molar-refractivity contribution in [2.75, 3.05) is 6.54 Å². The second-order valence-corrected chi connectivity index (χ2v) is 5.16. The average molecular weight is 199 g/mol. The molecule has 0 amide bonds. The van der Waals surface area contributed by atoms with Crippen molar-refractivity contribution in [2.24, 2.45) is 0 Å². The van der Waals surface area contributed by atoms with Crippen LogP contribution in [0, 0.1) is 0 Å². The molecule has 2 heteroatoms. The highest BCUT2D eigenvalue weighted by Crippen LogP contribution is 2.19. The van der Waals surface area contributed by atoms with Gasteiger partial charge in [-0.3, -0.25) is 0 Å². The van der Waals surface area contributed by atoms with Gasteiger partial charge in [0.2, 0.25) is 0 Å². The summed E-state index contributed by atoms with van der Waals surface area (Å²) in [4.78, 5) is 0. The maximum absolute atomic E-state index is 5.77. The molecule has 0 saturated carbocycles. The largest absolute Gasteiger partial charge is 0.374 e. The van der Waals surface area contributed by atoms with Gasteiger partial charge in [-0.15, -0.1) is 0 Å². The van der Waals surface area contributed by atoms with Gasteiger partial charge in [0.15, 0.2) is 0 Å². The fraction of sp³-hybridized carbons (Fsp3) is 1.00. The van der Waals surface area contributed by atoms with Crippen molar-refractivity contribution >= 4 is 0 Å². The van der Waals surface area contributed by atoms with Crippen LogP contribution in [0.2, 0.25) is 0 Å². The van der Waals surface area contributed by atoms with Crippen LogP contribution in [-0.2, 0) is 4.74 Å². The van der Waals surface area contributed by atoms with E-state index in [1.54, 1.807) is 0 Å². The summed E-state index contributed by atoms with van der Waals surface area (Å²) in [6.45, 7) is 9.95. The van der Waals surface area contributed by atoms with Gasteiger partial charge in [0.05, 0.1) is 12.2 Å². The summed E-state index contributed by atoms with van der Waals surface area (Å²) in [5.41, 5.74) is 0.268. The first-order valence-corrected chi connectivity index (χ1v) is 5.94. The fourth-order valence-electron chi connectivity index (χ4n) is 2.14. The molecule has 1 saturated heterocycles. The van der Waals surface area contributed by atoms with Crippen LogP contribution in [0.4, 0.5) is 0 Å². The molecule has 1 rings (SSSR count). The number of rotatable bonds is 5. The SMILES string of the molecule is CCCC(C)(C)NCC1CCC(C)O1. The Balaban J connectivity index is 2.19. The van der Waals surface area contributed by atoms with E-state index in [4.69, 9.17) is 4.74 Å². The van der Waals surface area contributed by atoms with Crippen molar-refractivity contribution in [3.05, 3.63) is 0 Å². The summed E-state index contributed by atoms with van der Waals surface area (Å²) < 4.78 is 5.77. The van der Waals surface area contributed by atoms with E-state index in [1.165, 1.54) is 25.7 Å². The minimum Gasteiger partial charge on any atom is -0.374 e. The average Bonchev–Trinajstić information content (AvgIpc) is 2.48. The minimum absolute atomic E-state index is 0.268. The quantitative estimate of drug-likeness (QED) is 0.735. The number of nitrogens with one attached hydrogen (secondary N) is 1. The Labute approximate surface area is 88.4 Å². The molecule has 2 unspecified atom stereocenters. The monoisotopic (exact) mass is 199 g/mol. The molecule has 1 fully saturated rings. The van der Waals surface area contributed by atoms with Crippen molar-refractivity contribution < 1.29 is 4.74 Å². The molecule has 2 nitrogen and oxygen atoms in total. The van der Waals surface area contributed by atoms with Gasteiger partial charge < -0.3 is 10.1 Å². The van der Waals surface area contributed by atoms with Crippen molar-refractivity contribution in [3.8, 4) is 0 Å². The van der Waals surface area contributed by atoms with E-state index < -0.39 is 0 Å². The molecule has 1 aliphatic rings. The summed E-state index contributed by atoms with van der Waals surface area (Å²) in [6.07, 6.45) is 5.82. The lowest BCUT2D eigenvalue weighted by Gasteiger charge is -2.27. The highest BCUT2D eigenvalue weighted by molar-refractivity contribution is 4.80. The molecule has 1 N–H and O–H groups in total. The van der Waals surface area contributed by atoms with Gasteiger partial charge in [0, 0.05) is 12.1 Å². The number of hydrogen-bond acceptors (Lipinski definition) is 2. The third kappa shape index (κ3) is 3.97. The third-order valence-corrected chi connectivity index (χ3v) is 3.00. The maximum atomic E-state index is 5.77. The zero-order chi connectivity index (χ0) is 10.6. The molecule has 2 atom stereocenters. The maximum Gasteiger partial charge on any atom is 0.0704 e. The van der Waals surface area contributed by atoms with Gasteiger partial charge >= 0.3 is 0 Å². The molecule has 0 aromatic carbocycles. The van der Waals surface area contributed by atoms with Crippen LogP contribution in [0.5, 0.6) is 0 Å². The Morgan fingerprint density at radius 1 is 1.36 bits per heavy atom. The van der Waals surface area contributed by atoms with E-state index in [9.17, 15) is 0 Å². The standard InChI is InChI=1S/C12H25NO/c1-5-8-12(3,4)13-9-11-7-6-10(2)14-11/h10-11,13H,5-9H2,1-4H3. The summed E-state index contributed by atoms with van der Waals surface area (Å²) >= 11 is 0. The second kappa shape index (κ2) is 5.13. The zero-order valence-corrected chi connectivity index (χ0v) is 10.1. The first kappa shape index (κ1) is 12.0. The molecule has 0 radical (unpaired) electrons. The Morgan fingerprint density at radius 3 is 2.57 bits per heavy atom. The fourth-order valence-corrected chi connectivity index (χ4v) is 2.14. The van der Waals surface area contributed by atoms with Crippen LogP contribution in [-0.4, -0.2) is 24.3 Å². The number of ether oxygens (including phenoxy) is 1. The molecule has 1 heterocycles. The lowest BCUT2D eigenvalue weighted by Crippen LogP contribution is -2.43. The topological polar surface area (TPSA) is 21.3 Å². The molecule has 84 valence electrons. The molecule has 0 aromatic rings. The number of hydrogen-bond donors (Lipinski definition) is 1. The van der Waals surface area contributed by atoms with E-state index in [-0.39, 0.29) is 5.54 Å². The zero-order valence-electron chi connectivity index (χ0n) is 10.1. The predicted octanol–water partition coefficient (Wildman–Crippen LogP) is 2.72. The molecule has 0 bridgehead atoms. The smallest absolute Gasteiger partial charge is 0.0704 e. The lowest BCUT2D eigenvalue weighted by molar-refractivity contribution is 0.0513. The van der Waals surface area contributed by atoms with Gasteiger partial charge in [-0.2, -0.15) is 0 Å². The molecule has 1 aliphatic heterocycles.